The first-order valence-electron chi connectivity index (χ1n) is 7.22. The Morgan fingerprint density at radius 2 is 2.11 bits per heavy atom. The zero-order chi connectivity index (χ0) is 12.6. The van der Waals surface area contributed by atoms with E-state index in [0.717, 1.165) is 11.8 Å². The van der Waals surface area contributed by atoms with E-state index in [9.17, 15) is 0 Å². The maximum absolute atomic E-state index is 3.68. The van der Waals surface area contributed by atoms with Crippen LogP contribution in [0.2, 0.25) is 0 Å². The number of hydrogen-bond acceptors (Lipinski definition) is 2. The van der Waals surface area contributed by atoms with Crippen molar-refractivity contribution in [1.82, 2.24) is 10.6 Å². The average Bonchev–Trinajstić information content (AvgIpc) is 2.73. The molecule has 2 heteroatoms. The summed E-state index contributed by atoms with van der Waals surface area (Å²) in [4.78, 5) is 0. The highest BCUT2D eigenvalue weighted by atomic mass is 15.0. The first-order valence-corrected chi connectivity index (χ1v) is 7.22. The van der Waals surface area contributed by atoms with Crippen LogP contribution in [0.15, 0.2) is 24.3 Å². The van der Waals surface area contributed by atoms with Crippen LogP contribution in [0.25, 0.3) is 0 Å². The van der Waals surface area contributed by atoms with Gasteiger partial charge >= 0.3 is 0 Å². The van der Waals surface area contributed by atoms with Crippen molar-refractivity contribution in [2.24, 2.45) is 11.8 Å². The number of benzene rings is 1. The first-order chi connectivity index (χ1) is 8.80. The van der Waals surface area contributed by atoms with Crippen molar-refractivity contribution in [1.29, 1.82) is 0 Å². The molecule has 0 spiro atoms. The van der Waals surface area contributed by atoms with Gasteiger partial charge in [0.2, 0.25) is 0 Å². The third-order valence-electron chi connectivity index (χ3n) is 5.16. The fourth-order valence-electron chi connectivity index (χ4n) is 4.31. The van der Waals surface area contributed by atoms with E-state index in [2.05, 4.69) is 49.0 Å². The van der Waals surface area contributed by atoms with Crippen LogP contribution >= 0.6 is 0 Å². The van der Waals surface area contributed by atoms with Gasteiger partial charge in [0, 0.05) is 5.54 Å². The van der Waals surface area contributed by atoms with E-state index >= 15 is 0 Å². The molecule has 2 aliphatic rings. The summed E-state index contributed by atoms with van der Waals surface area (Å²) in [6.45, 7) is 1.17. The van der Waals surface area contributed by atoms with Gasteiger partial charge in [-0.05, 0) is 69.3 Å². The number of hydrogen-bond donors (Lipinski definition) is 2. The summed E-state index contributed by atoms with van der Waals surface area (Å²) in [6, 6.07) is 9.04. The Labute approximate surface area is 110 Å². The monoisotopic (exact) mass is 244 g/mol. The maximum atomic E-state index is 3.68. The Kier molecular flexibility index (Phi) is 3.16. The van der Waals surface area contributed by atoms with Gasteiger partial charge < -0.3 is 10.6 Å². The number of fused-ring (bicyclic) bond motifs is 3. The Morgan fingerprint density at radius 1 is 1.28 bits per heavy atom. The van der Waals surface area contributed by atoms with Gasteiger partial charge in [-0.3, -0.25) is 0 Å². The predicted octanol–water partition coefficient (Wildman–Crippen LogP) is 2.29. The Balaban J connectivity index is 1.90. The van der Waals surface area contributed by atoms with Crippen molar-refractivity contribution in [3.63, 3.8) is 0 Å². The van der Waals surface area contributed by atoms with E-state index < -0.39 is 0 Å². The Bertz CT molecular complexity index is 429. The quantitative estimate of drug-likeness (QED) is 0.852. The second-order valence-corrected chi connectivity index (χ2v) is 5.98. The second-order valence-electron chi connectivity index (χ2n) is 5.98. The van der Waals surface area contributed by atoms with Crippen LogP contribution in [0.5, 0.6) is 0 Å². The lowest BCUT2D eigenvalue weighted by molar-refractivity contribution is 0.128. The summed E-state index contributed by atoms with van der Waals surface area (Å²) in [7, 11) is 4.22. The van der Waals surface area contributed by atoms with Crippen molar-refractivity contribution in [3.8, 4) is 0 Å². The summed E-state index contributed by atoms with van der Waals surface area (Å²) in [5.41, 5.74) is 3.41. The normalized spacial score (nSPS) is 34.1. The van der Waals surface area contributed by atoms with Gasteiger partial charge in [0.25, 0.3) is 0 Å². The van der Waals surface area contributed by atoms with Gasteiger partial charge in [-0.1, -0.05) is 24.3 Å². The Morgan fingerprint density at radius 3 is 2.89 bits per heavy atom. The molecule has 1 aromatic carbocycles. The zero-order valence-electron chi connectivity index (χ0n) is 11.5. The molecule has 2 aliphatic carbocycles. The summed E-state index contributed by atoms with van der Waals surface area (Å²) >= 11 is 0. The average molecular weight is 244 g/mol. The lowest BCUT2D eigenvalue weighted by Gasteiger charge is -2.43. The molecule has 18 heavy (non-hydrogen) atoms. The minimum atomic E-state index is 0.265. The smallest absolute Gasteiger partial charge is 0.0466 e. The molecule has 2 N–H and O–H groups in total. The minimum Gasteiger partial charge on any atom is -0.319 e. The molecule has 2 nitrogen and oxygen atoms in total. The van der Waals surface area contributed by atoms with Crippen LogP contribution in [0, 0.1) is 11.8 Å². The summed E-state index contributed by atoms with van der Waals surface area (Å²) in [5.74, 6) is 1.64. The molecule has 1 aromatic rings. The van der Waals surface area contributed by atoms with Crippen LogP contribution < -0.4 is 10.6 Å². The summed E-state index contributed by atoms with van der Waals surface area (Å²) in [6.07, 6.45) is 5.25. The number of nitrogens with one attached hydrogen (secondary N) is 2. The van der Waals surface area contributed by atoms with Gasteiger partial charge in [0.15, 0.2) is 0 Å². The zero-order valence-corrected chi connectivity index (χ0v) is 11.5. The standard InChI is InChI=1S/C16H24N2/c1-17-11-12-7-8-16(18-2)14(9-12)10-13-5-3-4-6-15(13)16/h3-6,12,14,17-18H,7-11H2,1-2H3/t12-,14-,16+/m1/s1. The van der Waals surface area contributed by atoms with Crippen LogP contribution in [-0.2, 0) is 12.0 Å². The molecule has 3 rings (SSSR count). The molecular weight excluding hydrogens is 220 g/mol. The molecule has 98 valence electrons. The highest BCUT2D eigenvalue weighted by Crippen LogP contribution is 2.50. The molecule has 3 atom stereocenters. The fraction of sp³-hybridized carbons (Fsp3) is 0.625. The maximum Gasteiger partial charge on any atom is 0.0466 e. The third-order valence-corrected chi connectivity index (χ3v) is 5.16. The van der Waals surface area contributed by atoms with Gasteiger partial charge in [-0.15, -0.1) is 0 Å². The number of rotatable bonds is 3. The molecule has 0 radical (unpaired) electrons. The fourth-order valence-corrected chi connectivity index (χ4v) is 4.31. The van der Waals surface area contributed by atoms with Crippen LogP contribution in [0.3, 0.4) is 0 Å². The van der Waals surface area contributed by atoms with Gasteiger partial charge in [0.05, 0.1) is 0 Å². The molecule has 0 aromatic heterocycles. The Hall–Kier alpha value is -0.860. The van der Waals surface area contributed by atoms with Crippen LogP contribution in [0.4, 0.5) is 0 Å². The molecule has 0 heterocycles. The molecular formula is C16H24N2. The molecule has 0 amide bonds. The molecule has 0 saturated heterocycles. The van der Waals surface area contributed by atoms with Crippen molar-refractivity contribution >= 4 is 0 Å². The van der Waals surface area contributed by atoms with E-state index in [4.69, 9.17) is 0 Å². The SMILES string of the molecule is CNC[C@@H]1CC[C@@]2(NC)c3ccccc3C[C@H]2C1. The van der Waals surface area contributed by atoms with Crippen molar-refractivity contribution in [2.75, 3.05) is 20.6 Å². The molecule has 0 bridgehead atoms. The topological polar surface area (TPSA) is 24.1 Å². The predicted molar refractivity (Wildman–Crippen MR) is 75.6 cm³/mol. The van der Waals surface area contributed by atoms with Gasteiger partial charge in [-0.25, -0.2) is 0 Å². The van der Waals surface area contributed by atoms with Crippen molar-refractivity contribution < 1.29 is 0 Å². The molecule has 1 fully saturated rings. The largest absolute Gasteiger partial charge is 0.319 e. The van der Waals surface area contributed by atoms with Crippen molar-refractivity contribution in [3.05, 3.63) is 35.4 Å². The summed E-state index contributed by atoms with van der Waals surface area (Å²) in [5, 5.41) is 7.03. The van der Waals surface area contributed by atoms with E-state index in [1.165, 1.54) is 32.2 Å². The van der Waals surface area contributed by atoms with E-state index in [1.807, 2.05) is 0 Å². The molecule has 0 aliphatic heterocycles. The highest BCUT2D eigenvalue weighted by Gasteiger charge is 2.48. The summed E-state index contributed by atoms with van der Waals surface area (Å²) < 4.78 is 0. The van der Waals surface area contributed by atoms with E-state index in [0.29, 0.717) is 0 Å². The first kappa shape index (κ1) is 12.2. The highest BCUT2D eigenvalue weighted by molar-refractivity contribution is 5.40. The minimum absolute atomic E-state index is 0.265. The van der Waals surface area contributed by atoms with Gasteiger partial charge in [-0.2, -0.15) is 0 Å². The second kappa shape index (κ2) is 4.67. The third kappa shape index (κ3) is 1.70. The van der Waals surface area contributed by atoms with Gasteiger partial charge in [0.1, 0.15) is 0 Å². The lowest BCUT2D eigenvalue weighted by atomic mass is 9.69. The van der Waals surface area contributed by atoms with Crippen molar-refractivity contribution in [2.45, 2.75) is 31.2 Å². The van der Waals surface area contributed by atoms with Crippen LogP contribution in [0.1, 0.15) is 30.4 Å². The molecule has 1 saturated carbocycles. The van der Waals surface area contributed by atoms with Crippen LogP contribution in [-0.4, -0.2) is 20.6 Å². The lowest BCUT2D eigenvalue weighted by Crippen LogP contribution is -2.48. The van der Waals surface area contributed by atoms with E-state index in [-0.39, 0.29) is 5.54 Å². The molecule has 0 unspecified atom stereocenters. The van der Waals surface area contributed by atoms with E-state index in [1.54, 1.807) is 11.1 Å².